The molecular formula is C12H18N2O2S2. The molecular weight excluding hydrogens is 268 g/mol. The third-order valence-corrected chi connectivity index (χ3v) is 3.66. The standard InChI is InChI=1S/C12H18N2O2S2/c1-5-16-11(15)9-8(4)13-12(18-7-3)14-10(9)17-6-2/h5-7H2,1-4H3. The molecule has 0 bridgehead atoms. The summed E-state index contributed by atoms with van der Waals surface area (Å²) in [6, 6.07) is 0. The number of aromatic nitrogens is 2. The van der Waals surface area contributed by atoms with E-state index in [0.29, 0.717) is 17.9 Å². The lowest BCUT2D eigenvalue weighted by Crippen LogP contribution is -2.12. The molecule has 1 aromatic rings. The van der Waals surface area contributed by atoms with Crippen molar-refractivity contribution in [1.29, 1.82) is 0 Å². The van der Waals surface area contributed by atoms with Crippen molar-refractivity contribution in [3.63, 3.8) is 0 Å². The predicted octanol–water partition coefficient (Wildman–Crippen LogP) is 3.19. The van der Waals surface area contributed by atoms with Gasteiger partial charge in [0.15, 0.2) is 5.16 Å². The third-order valence-electron chi connectivity index (χ3n) is 2.07. The molecule has 0 aliphatic rings. The molecule has 0 amide bonds. The number of thioether (sulfide) groups is 2. The van der Waals surface area contributed by atoms with Crippen LogP contribution in [0.1, 0.15) is 36.8 Å². The van der Waals surface area contributed by atoms with Gasteiger partial charge in [0.05, 0.1) is 12.3 Å². The van der Waals surface area contributed by atoms with Crippen molar-refractivity contribution in [1.82, 2.24) is 9.97 Å². The lowest BCUT2D eigenvalue weighted by Gasteiger charge is -2.10. The van der Waals surface area contributed by atoms with E-state index in [9.17, 15) is 4.79 Å². The molecule has 0 N–H and O–H groups in total. The van der Waals surface area contributed by atoms with Crippen LogP contribution in [-0.4, -0.2) is 34.0 Å². The number of ether oxygens (including phenoxy) is 1. The molecule has 0 aliphatic carbocycles. The predicted molar refractivity (Wildman–Crippen MR) is 75.5 cm³/mol. The molecule has 0 spiro atoms. The SMILES string of the molecule is CCOC(=O)c1c(C)nc(SCC)nc1SCC. The number of carbonyl (C=O) groups excluding carboxylic acids is 1. The monoisotopic (exact) mass is 286 g/mol. The van der Waals surface area contributed by atoms with Crippen molar-refractivity contribution < 1.29 is 9.53 Å². The molecule has 0 fully saturated rings. The zero-order valence-electron chi connectivity index (χ0n) is 11.1. The molecule has 1 rings (SSSR count). The zero-order valence-corrected chi connectivity index (χ0v) is 12.8. The summed E-state index contributed by atoms with van der Waals surface area (Å²) in [6.45, 7) is 8.06. The van der Waals surface area contributed by atoms with E-state index in [1.807, 2.05) is 13.8 Å². The lowest BCUT2D eigenvalue weighted by molar-refractivity contribution is 0.0519. The van der Waals surface area contributed by atoms with Crippen LogP contribution < -0.4 is 0 Å². The normalized spacial score (nSPS) is 10.4. The fraction of sp³-hybridized carbons (Fsp3) is 0.583. The van der Waals surface area contributed by atoms with E-state index in [0.717, 1.165) is 21.7 Å². The number of hydrogen-bond donors (Lipinski definition) is 0. The van der Waals surface area contributed by atoms with Crippen LogP contribution in [0.15, 0.2) is 10.2 Å². The second-order valence-electron chi connectivity index (χ2n) is 3.36. The van der Waals surface area contributed by atoms with Crippen molar-refractivity contribution in [2.45, 2.75) is 37.9 Å². The summed E-state index contributed by atoms with van der Waals surface area (Å²) in [5, 5.41) is 1.44. The van der Waals surface area contributed by atoms with E-state index >= 15 is 0 Å². The molecule has 0 aromatic carbocycles. The van der Waals surface area contributed by atoms with E-state index < -0.39 is 0 Å². The molecule has 0 unspecified atom stereocenters. The zero-order chi connectivity index (χ0) is 13.5. The van der Waals surface area contributed by atoms with E-state index in [2.05, 4.69) is 16.9 Å². The summed E-state index contributed by atoms with van der Waals surface area (Å²) in [5.41, 5.74) is 1.19. The largest absolute Gasteiger partial charge is 0.462 e. The molecule has 0 radical (unpaired) electrons. The van der Waals surface area contributed by atoms with Gasteiger partial charge in [0.25, 0.3) is 0 Å². The maximum Gasteiger partial charge on any atom is 0.342 e. The first-order valence-electron chi connectivity index (χ1n) is 5.95. The second kappa shape index (κ2) is 7.63. The van der Waals surface area contributed by atoms with Gasteiger partial charge in [0.1, 0.15) is 10.6 Å². The molecule has 100 valence electrons. The summed E-state index contributed by atoms with van der Waals surface area (Å²) in [4.78, 5) is 20.7. The van der Waals surface area contributed by atoms with Crippen molar-refractivity contribution in [3.8, 4) is 0 Å². The van der Waals surface area contributed by atoms with Crippen molar-refractivity contribution >= 4 is 29.5 Å². The summed E-state index contributed by atoms with van der Waals surface area (Å²) >= 11 is 3.12. The summed E-state index contributed by atoms with van der Waals surface area (Å²) in [6.07, 6.45) is 0. The highest BCUT2D eigenvalue weighted by Gasteiger charge is 2.19. The molecule has 18 heavy (non-hydrogen) atoms. The average Bonchev–Trinajstić information content (AvgIpc) is 2.29. The van der Waals surface area contributed by atoms with Crippen LogP contribution in [-0.2, 0) is 4.74 Å². The molecule has 0 saturated heterocycles. The van der Waals surface area contributed by atoms with Gasteiger partial charge in [-0.15, -0.1) is 11.8 Å². The first-order chi connectivity index (χ1) is 8.63. The topological polar surface area (TPSA) is 52.1 Å². The minimum absolute atomic E-state index is 0.334. The van der Waals surface area contributed by atoms with E-state index in [-0.39, 0.29) is 5.97 Å². The Morgan fingerprint density at radius 2 is 1.83 bits per heavy atom. The molecule has 0 aliphatic heterocycles. The van der Waals surface area contributed by atoms with Crippen molar-refractivity contribution in [2.24, 2.45) is 0 Å². The van der Waals surface area contributed by atoms with E-state index in [1.54, 1.807) is 30.4 Å². The summed E-state index contributed by atoms with van der Waals surface area (Å²) < 4.78 is 5.06. The van der Waals surface area contributed by atoms with Gasteiger partial charge in [-0.05, 0) is 25.4 Å². The minimum atomic E-state index is -0.334. The van der Waals surface area contributed by atoms with Crippen molar-refractivity contribution in [2.75, 3.05) is 18.1 Å². The molecule has 4 nitrogen and oxygen atoms in total. The van der Waals surface area contributed by atoms with Gasteiger partial charge >= 0.3 is 5.97 Å². The van der Waals surface area contributed by atoms with E-state index in [4.69, 9.17) is 4.74 Å². The second-order valence-corrected chi connectivity index (χ2v) is 5.84. The van der Waals surface area contributed by atoms with Crippen LogP contribution in [0.4, 0.5) is 0 Å². The quantitative estimate of drug-likeness (QED) is 0.346. The Balaban J connectivity index is 3.17. The first kappa shape index (κ1) is 15.3. The summed E-state index contributed by atoms with van der Waals surface area (Å²) in [7, 11) is 0. The highest BCUT2D eigenvalue weighted by molar-refractivity contribution is 7.99. The average molecular weight is 286 g/mol. The number of carbonyl (C=O) groups is 1. The molecule has 0 saturated carbocycles. The number of nitrogens with zero attached hydrogens (tertiary/aromatic N) is 2. The van der Waals surface area contributed by atoms with Crippen LogP contribution in [0.5, 0.6) is 0 Å². The molecule has 6 heteroatoms. The number of rotatable bonds is 6. The van der Waals surface area contributed by atoms with Crippen LogP contribution in [0.3, 0.4) is 0 Å². The Labute approximate surface area is 116 Å². The number of hydrogen-bond acceptors (Lipinski definition) is 6. The third kappa shape index (κ3) is 3.88. The van der Waals surface area contributed by atoms with Gasteiger partial charge in [-0.3, -0.25) is 0 Å². The first-order valence-corrected chi connectivity index (χ1v) is 7.92. The Kier molecular flexibility index (Phi) is 6.49. The number of aryl methyl sites for hydroxylation is 1. The van der Waals surface area contributed by atoms with Crippen LogP contribution in [0.2, 0.25) is 0 Å². The highest BCUT2D eigenvalue weighted by atomic mass is 32.2. The maximum atomic E-state index is 11.9. The lowest BCUT2D eigenvalue weighted by atomic mass is 10.2. The van der Waals surface area contributed by atoms with Crippen molar-refractivity contribution in [3.05, 3.63) is 11.3 Å². The van der Waals surface area contributed by atoms with E-state index in [1.165, 1.54) is 0 Å². The Bertz CT molecular complexity index is 425. The van der Waals surface area contributed by atoms with Gasteiger partial charge in [-0.25, -0.2) is 14.8 Å². The Hall–Kier alpha value is -0.750. The smallest absolute Gasteiger partial charge is 0.342 e. The molecule has 1 aromatic heterocycles. The van der Waals surface area contributed by atoms with Crippen LogP contribution in [0, 0.1) is 6.92 Å². The molecule has 1 heterocycles. The van der Waals surface area contributed by atoms with Gasteiger partial charge in [0, 0.05) is 0 Å². The Morgan fingerprint density at radius 1 is 1.17 bits per heavy atom. The minimum Gasteiger partial charge on any atom is -0.462 e. The fourth-order valence-electron chi connectivity index (χ4n) is 1.39. The van der Waals surface area contributed by atoms with Gasteiger partial charge in [-0.1, -0.05) is 25.6 Å². The maximum absolute atomic E-state index is 11.9. The Morgan fingerprint density at radius 3 is 2.39 bits per heavy atom. The highest BCUT2D eigenvalue weighted by Crippen LogP contribution is 2.26. The molecule has 0 atom stereocenters. The van der Waals surface area contributed by atoms with Crippen LogP contribution in [0.25, 0.3) is 0 Å². The fourth-order valence-corrected chi connectivity index (χ4v) is 2.87. The van der Waals surface area contributed by atoms with Crippen LogP contribution >= 0.6 is 23.5 Å². The van der Waals surface area contributed by atoms with Gasteiger partial charge in [-0.2, -0.15) is 0 Å². The number of esters is 1. The summed E-state index contributed by atoms with van der Waals surface area (Å²) in [5.74, 6) is 1.44. The van der Waals surface area contributed by atoms with Gasteiger partial charge < -0.3 is 4.74 Å². The van der Waals surface area contributed by atoms with Gasteiger partial charge in [0.2, 0.25) is 0 Å².